The van der Waals surface area contributed by atoms with Gasteiger partial charge in [-0.15, -0.1) is 0 Å². The van der Waals surface area contributed by atoms with E-state index in [1.54, 1.807) is 18.3 Å². The van der Waals surface area contributed by atoms with Gasteiger partial charge in [0.25, 0.3) is 0 Å². The molecule has 5 rings (SSSR count). The van der Waals surface area contributed by atoms with Crippen LogP contribution >= 0.6 is 0 Å². The first-order valence-electron chi connectivity index (χ1n) is 14.8. The molecule has 0 aliphatic carbocycles. The van der Waals surface area contributed by atoms with Gasteiger partial charge in [-0.3, -0.25) is 5.32 Å². The van der Waals surface area contributed by atoms with Gasteiger partial charge in [-0.2, -0.15) is 0 Å². The minimum absolute atomic E-state index is 0.0406. The van der Waals surface area contributed by atoms with Crippen LogP contribution in [0.3, 0.4) is 0 Å². The van der Waals surface area contributed by atoms with Gasteiger partial charge >= 0.3 is 6.03 Å². The van der Waals surface area contributed by atoms with E-state index in [1.165, 1.54) is 0 Å². The zero-order valence-electron chi connectivity index (χ0n) is 24.6. The first kappa shape index (κ1) is 29.6. The van der Waals surface area contributed by atoms with Crippen molar-refractivity contribution < 1.29 is 23.4 Å². The number of piperidine rings is 1. The molecule has 2 atom stereocenters. The zero-order chi connectivity index (χ0) is 29.5. The Morgan fingerprint density at radius 2 is 1.90 bits per heavy atom. The molecule has 2 aliphatic rings. The van der Waals surface area contributed by atoms with Crippen LogP contribution in [-0.4, -0.2) is 79.7 Å². The predicted octanol–water partition coefficient (Wildman–Crippen LogP) is 5.23. The summed E-state index contributed by atoms with van der Waals surface area (Å²) in [4.78, 5) is 25.9. The second-order valence-corrected chi connectivity index (χ2v) is 11.1. The van der Waals surface area contributed by atoms with Crippen LogP contribution in [0.15, 0.2) is 42.7 Å². The highest BCUT2D eigenvalue weighted by Crippen LogP contribution is 2.35. The van der Waals surface area contributed by atoms with E-state index in [9.17, 15) is 9.18 Å². The number of alkyl halides is 1. The van der Waals surface area contributed by atoms with Crippen molar-refractivity contribution in [2.24, 2.45) is 5.92 Å². The largest absolute Gasteiger partial charge is 0.493 e. The molecular formula is C31H41FN6O4. The maximum Gasteiger partial charge on any atom is 0.321 e. The first-order chi connectivity index (χ1) is 20.4. The molecule has 2 fully saturated rings. The molecule has 2 saturated heterocycles. The van der Waals surface area contributed by atoms with Gasteiger partial charge in [-0.25, -0.2) is 19.2 Å². The number of methoxy groups -OCH3 is 1. The molecule has 10 nitrogen and oxygen atoms in total. The summed E-state index contributed by atoms with van der Waals surface area (Å²) in [5, 5.41) is 6.75. The summed E-state index contributed by atoms with van der Waals surface area (Å²) in [6, 6.07) is 11.1. The summed E-state index contributed by atoms with van der Waals surface area (Å²) >= 11 is 0. The standard InChI is InChI=1S/C31H41FN6O4/c1-21(2)42-24-10-8-23(9-11-24)36-31(39)38-15-13-37(14-16-38)30-25-18-27(40-3)28(19-26(25)34-20-35-30)41-17-5-7-22-6-4-12-33-29(22)32/h8-11,18-22,29,33H,4-7,12-17H2,1-3H3,(H,36,39). The Kier molecular flexibility index (Phi) is 9.78. The quantitative estimate of drug-likeness (QED) is 0.248. The van der Waals surface area contributed by atoms with Crippen molar-refractivity contribution in [3.8, 4) is 17.2 Å². The smallest absolute Gasteiger partial charge is 0.321 e. The molecule has 0 bridgehead atoms. The number of anilines is 2. The first-order valence-corrected chi connectivity index (χ1v) is 14.8. The van der Waals surface area contributed by atoms with Gasteiger partial charge in [0.2, 0.25) is 0 Å². The number of amides is 2. The van der Waals surface area contributed by atoms with E-state index < -0.39 is 6.30 Å². The second-order valence-electron chi connectivity index (χ2n) is 11.1. The lowest BCUT2D eigenvalue weighted by Crippen LogP contribution is -2.50. The van der Waals surface area contributed by atoms with E-state index in [1.807, 2.05) is 50.2 Å². The van der Waals surface area contributed by atoms with Crippen molar-refractivity contribution in [1.82, 2.24) is 20.2 Å². The number of aromatic nitrogens is 2. The number of hydrogen-bond acceptors (Lipinski definition) is 8. The molecule has 0 spiro atoms. The number of rotatable bonds is 10. The third-order valence-electron chi connectivity index (χ3n) is 7.73. The lowest BCUT2D eigenvalue weighted by Gasteiger charge is -2.35. The van der Waals surface area contributed by atoms with Crippen molar-refractivity contribution in [3.63, 3.8) is 0 Å². The molecular weight excluding hydrogens is 539 g/mol. The number of nitrogens with one attached hydrogen (secondary N) is 2. The fourth-order valence-electron chi connectivity index (χ4n) is 5.52. The highest BCUT2D eigenvalue weighted by atomic mass is 19.1. The Morgan fingerprint density at radius 3 is 2.62 bits per heavy atom. The summed E-state index contributed by atoms with van der Waals surface area (Å²) in [6.45, 7) is 7.56. The summed E-state index contributed by atoms with van der Waals surface area (Å²) in [5.41, 5.74) is 1.48. The zero-order valence-corrected chi connectivity index (χ0v) is 24.6. The Morgan fingerprint density at radius 1 is 1.12 bits per heavy atom. The number of fused-ring (bicyclic) bond motifs is 1. The molecule has 2 N–H and O–H groups in total. The molecule has 1 aromatic heterocycles. The van der Waals surface area contributed by atoms with E-state index in [0.29, 0.717) is 44.3 Å². The van der Waals surface area contributed by atoms with Gasteiger partial charge < -0.3 is 29.3 Å². The summed E-state index contributed by atoms with van der Waals surface area (Å²) < 4.78 is 31.4. The minimum atomic E-state index is -0.928. The minimum Gasteiger partial charge on any atom is -0.493 e. The van der Waals surface area contributed by atoms with Gasteiger partial charge in [0.05, 0.1) is 25.3 Å². The summed E-state index contributed by atoms with van der Waals surface area (Å²) in [7, 11) is 1.61. The molecule has 2 unspecified atom stereocenters. The fraction of sp³-hybridized carbons (Fsp3) is 0.516. The lowest BCUT2D eigenvalue weighted by molar-refractivity contribution is 0.128. The van der Waals surface area contributed by atoms with Crippen LogP contribution in [0.5, 0.6) is 17.2 Å². The van der Waals surface area contributed by atoms with Crippen molar-refractivity contribution >= 4 is 28.4 Å². The van der Waals surface area contributed by atoms with Crippen LogP contribution in [0, 0.1) is 5.92 Å². The van der Waals surface area contributed by atoms with Crippen LogP contribution in [-0.2, 0) is 0 Å². The highest BCUT2D eigenvalue weighted by Gasteiger charge is 2.25. The maximum atomic E-state index is 14.1. The molecule has 11 heteroatoms. The molecule has 3 heterocycles. The van der Waals surface area contributed by atoms with Gasteiger partial charge in [0.1, 0.15) is 17.9 Å². The molecule has 2 amide bonds. The Bertz CT molecular complexity index is 1330. The van der Waals surface area contributed by atoms with Crippen LogP contribution in [0.1, 0.15) is 39.5 Å². The number of urea groups is 1. The van der Waals surface area contributed by atoms with E-state index in [-0.39, 0.29) is 18.1 Å². The topological polar surface area (TPSA) is 101 Å². The van der Waals surface area contributed by atoms with E-state index in [2.05, 4.69) is 25.5 Å². The molecule has 0 radical (unpaired) electrons. The van der Waals surface area contributed by atoms with Gasteiger partial charge in [-0.05, 0) is 76.4 Å². The van der Waals surface area contributed by atoms with Crippen LogP contribution in [0.4, 0.5) is 20.7 Å². The normalized spacial score (nSPS) is 19.2. The van der Waals surface area contributed by atoms with E-state index >= 15 is 0 Å². The van der Waals surface area contributed by atoms with Crippen molar-refractivity contribution in [2.45, 2.75) is 51.9 Å². The fourth-order valence-corrected chi connectivity index (χ4v) is 5.52. The third kappa shape index (κ3) is 7.31. The average Bonchev–Trinajstić information content (AvgIpc) is 3.00. The number of hydrogen-bond donors (Lipinski definition) is 2. The molecule has 2 aliphatic heterocycles. The van der Waals surface area contributed by atoms with Crippen molar-refractivity contribution in [3.05, 3.63) is 42.7 Å². The molecule has 3 aromatic rings. The second kappa shape index (κ2) is 13.9. The number of piperazine rings is 1. The van der Waals surface area contributed by atoms with Crippen molar-refractivity contribution in [1.29, 1.82) is 0 Å². The van der Waals surface area contributed by atoms with Gasteiger partial charge in [0.15, 0.2) is 17.8 Å². The monoisotopic (exact) mass is 580 g/mol. The number of carbonyl (C=O) groups excluding carboxylic acids is 1. The van der Waals surface area contributed by atoms with E-state index in [4.69, 9.17) is 14.2 Å². The number of nitrogens with zero attached hydrogens (tertiary/aromatic N) is 4. The lowest BCUT2D eigenvalue weighted by atomic mass is 9.94. The molecule has 2 aromatic carbocycles. The number of halogens is 1. The number of ether oxygens (including phenoxy) is 3. The number of carbonyl (C=O) groups is 1. The van der Waals surface area contributed by atoms with Crippen LogP contribution in [0.25, 0.3) is 10.9 Å². The van der Waals surface area contributed by atoms with Gasteiger partial charge in [0, 0.05) is 49.2 Å². The van der Waals surface area contributed by atoms with E-state index in [0.717, 1.165) is 60.4 Å². The van der Waals surface area contributed by atoms with Crippen molar-refractivity contribution in [2.75, 3.05) is 56.7 Å². The predicted molar refractivity (Wildman–Crippen MR) is 161 cm³/mol. The molecule has 42 heavy (non-hydrogen) atoms. The Labute approximate surface area is 246 Å². The summed E-state index contributed by atoms with van der Waals surface area (Å²) in [6.07, 6.45) is 4.18. The molecule has 226 valence electrons. The number of benzene rings is 2. The summed E-state index contributed by atoms with van der Waals surface area (Å²) in [5.74, 6) is 2.82. The average molecular weight is 581 g/mol. The molecule has 0 saturated carbocycles. The SMILES string of the molecule is COc1cc2c(N3CCN(C(=O)Nc4ccc(OC(C)C)cc4)CC3)ncnc2cc1OCCCC1CCCNC1F. The highest BCUT2D eigenvalue weighted by molar-refractivity contribution is 5.92. The van der Waals surface area contributed by atoms with Crippen LogP contribution in [0.2, 0.25) is 0 Å². The third-order valence-corrected chi connectivity index (χ3v) is 7.73. The van der Waals surface area contributed by atoms with Crippen LogP contribution < -0.4 is 29.7 Å². The Balaban J connectivity index is 1.18. The maximum absolute atomic E-state index is 14.1. The van der Waals surface area contributed by atoms with Gasteiger partial charge in [-0.1, -0.05) is 0 Å². The Hall–Kier alpha value is -3.86.